The molecule has 1 aromatic rings. The van der Waals surface area contributed by atoms with Crippen LogP contribution in [0.3, 0.4) is 0 Å². The predicted octanol–water partition coefficient (Wildman–Crippen LogP) is 2.39. The van der Waals surface area contributed by atoms with Gasteiger partial charge in [0.15, 0.2) is 0 Å². The van der Waals surface area contributed by atoms with Gasteiger partial charge in [-0.1, -0.05) is 18.2 Å². The summed E-state index contributed by atoms with van der Waals surface area (Å²) in [6, 6.07) is 11.0. The maximum Gasteiger partial charge on any atom is 0.0364 e. The number of halogens is 2. The third-order valence-corrected chi connectivity index (χ3v) is 3.58. The van der Waals surface area contributed by atoms with Gasteiger partial charge in [-0.25, -0.2) is 0 Å². The molecule has 19 heavy (non-hydrogen) atoms. The van der Waals surface area contributed by atoms with Gasteiger partial charge in [0.05, 0.1) is 0 Å². The molecule has 0 aromatic heterocycles. The molecule has 1 aromatic carbocycles. The number of benzene rings is 1. The van der Waals surface area contributed by atoms with E-state index in [4.69, 9.17) is 5.73 Å². The number of likely N-dealkylation sites (N-methyl/N-ethyl adjacent to an activating group) is 1. The predicted molar refractivity (Wildman–Crippen MR) is 87.9 cm³/mol. The fourth-order valence-corrected chi connectivity index (χ4v) is 2.28. The number of likely N-dealkylation sites (tertiary alicyclic amines) is 1. The lowest BCUT2D eigenvalue weighted by Gasteiger charge is -2.31. The van der Waals surface area contributed by atoms with Gasteiger partial charge in [0.2, 0.25) is 0 Å². The van der Waals surface area contributed by atoms with Crippen LogP contribution in [0, 0.1) is 0 Å². The lowest BCUT2D eigenvalue weighted by molar-refractivity contribution is 0.218. The minimum Gasteiger partial charge on any atom is -0.373 e. The largest absolute Gasteiger partial charge is 0.373 e. The summed E-state index contributed by atoms with van der Waals surface area (Å²) in [6.45, 7) is 4.53. The van der Waals surface area contributed by atoms with E-state index in [0.717, 1.165) is 39.0 Å². The number of nitrogens with zero attached hydrogens (tertiary/aromatic N) is 2. The summed E-state index contributed by atoms with van der Waals surface area (Å²) in [5.41, 5.74) is 7.20. The lowest BCUT2D eigenvalue weighted by Crippen LogP contribution is -2.42. The van der Waals surface area contributed by atoms with E-state index in [2.05, 4.69) is 47.2 Å². The SMILES string of the molecule is CN(CCN1CCC(N)CC1)c1ccccc1.Cl.Cl. The Bertz CT molecular complexity index is 327. The van der Waals surface area contributed by atoms with E-state index < -0.39 is 0 Å². The van der Waals surface area contributed by atoms with Crippen LogP contribution < -0.4 is 10.6 Å². The number of rotatable bonds is 4. The summed E-state index contributed by atoms with van der Waals surface area (Å²) in [5.74, 6) is 0. The van der Waals surface area contributed by atoms with Crippen molar-refractivity contribution in [3.05, 3.63) is 30.3 Å². The Balaban J connectivity index is 0.00000162. The van der Waals surface area contributed by atoms with Crippen LogP contribution in [0.1, 0.15) is 12.8 Å². The molecule has 1 saturated heterocycles. The van der Waals surface area contributed by atoms with Crippen LogP contribution in [0.15, 0.2) is 30.3 Å². The lowest BCUT2D eigenvalue weighted by atomic mass is 10.1. The third-order valence-electron chi connectivity index (χ3n) is 3.58. The molecule has 110 valence electrons. The van der Waals surface area contributed by atoms with E-state index in [9.17, 15) is 0 Å². The second kappa shape index (κ2) is 9.43. The number of para-hydroxylation sites is 1. The van der Waals surface area contributed by atoms with E-state index in [0.29, 0.717) is 6.04 Å². The molecule has 0 unspecified atom stereocenters. The van der Waals surface area contributed by atoms with Gasteiger partial charge in [-0.15, -0.1) is 24.8 Å². The van der Waals surface area contributed by atoms with Gasteiger partial charge >= 0.3 is 0 Å². The van der Waals surface area contributed by atoms with E-state index in [1.807, 2.05) is 0 Å². The summed E-state index contributed by atoms with van der Waals surface area (Å²) >= 11 is 0. The maximum atomic E-state index is 5.91. The molecule has 0 atom stereocenters. The van der Waals surface area contributed by atoms with Crippen molar-refractivity contribution in [3.8, 4) is 0 Å². The highest BCUT2D eigenvalue weighted by atomic mass is 35.5. The number of anilines is 1. The second-order valence-corrected chi connectivity index (χ2v) is 4.94. The molecule has 3 nitrogen and oxygen atoms in total. The maximum absolute atomic E-state index is 5.91. The minimum absolute atomic E-state index is 0. The normalized spacial score (nSPS) is 16.3. The number of piperidine rings is 1. The van der Waals surface area contributed by atoms with Crippen LogP contribution in [-0.2, 0) is 0 Å². The van der Waals surface area contributed by atoms with Gasteiger partial charge in [-0.3, -0.25) is 0 Å². The topological polar surface area (TPSA) is 32.5 Å². The Kier molecular flexibility index (Phi) is 9.19. The molecule has 0 spiro atoms. The van der Waals surface area contributed by atoms with E-state index >= 15 is 0 Å². The molecule has 2 N–H and O–H groups in total. The van der Waals surface area contributed by atoms with Gasteiger partial charge in [0.25, 0.3) is 0 Å². The first-order valence-electron chi connectivity index (χ1n) is 6.50. The zero-order valence-corrected chi connectivity index (χ0v) is 13.1. The summed E-state index contributed by atoms with van der Waals surface area (Å²) < 4.78 is 0. The van der Waals surface area contributed by atoms with Crippen LogP contribution in [-0.4, -0.2) is 44.2 Å². The van der Waals surface area contributed by atoms with Gasteiger partial charge in [-0.05, 0) is 38.1 Å². The second-order valence-electron chi connectivity index (χ2n) is 4.94. The highest BCUT2D eigenvalue weighted by Crippen LogP contribution is 2.12. The van der Waals surface area contributed by atoms with Gasteiger partial charge in [0.1, 0.15) is 0 Å². The smallest absolute Gasteiger partial charge is 0.0364 e. The van der Waals surface area contributed by atoms with Gasteiger partial charge in [0, 0.05) is 31.9 Å². The Morgan fingerprint density at radius 1 is 1.16 bits per heavy atom. The third kappa shape index (κ3) is 6.00. The molecule has 0 aliphatic carbocycles. The molecule has 1 fully saturated rings. The summed E-state index contributed by atoms with van der Waals surface area (Å²) in [6.07, 6.45) is 2.30. The van der Waals surface area contributed by atoms with Crippen molar-refractivity contribution in [1.82, 2.24) is 4.90 Å². The average Bonchev–Trinajstić information content (AvgIpc) is 2.39. The molecule has 1 heterocycles. The van der Waals surface area contributed by atoms with Crippen LogP contribution in [0.4, 0.5) is 5.69 Å². The Labute approximate surface area is 129 Å². The molecule has 0 saturated carbocycles. The van der Waals surface area contributed by atoms with Crippen molar-refractivity contribution in [2.75, 3.05) is 38.1 Å². The van der Waals surface area contributed by atoms with Crippen LogP contribution >= 0.6 is 24.8 Å². The Morgan fingerprint density at radius 2 is 1.74 bits per heavy atom. The van der Waals surface area contributed by atoms with Crippen molar-refractivity contribution in [3.63, 3.8) is 0 Å². The van der Waals surface area contributed by atoms with Gasteiger partial charge < -0.3 is 15.5 Å². The number of hydrogen-bond donors (Lipinski definition) is 1. The molecule has 1 aliphatic heterocycles. The summed E-state index contributed by atoms with van der Waals surface area (Å²) in [5, 5.41) is 0. The standard InChI is InChI=1S/C14H23N3.2ClH/c1-16(14-5-3-2-4-6-14)11-12-17-9-7-13(15)8-10-17;;/h2-6,13H,7-12,15H2,1H3;2*1H. The van der Waals surface area contributed by atoms with E-state index in [-0.39, 0.29) is 24.8 Å². The van der Waals surface area contributed by atoms with Crippen molar-refractivity contribution in [1.29, 1.82) is 0 Å². The molecule has 0 radical (unpaired) electrons. The highest BCUT2D eigenvalue weighted by Gasteiger charge is 2.15. The summed E-state index contributed by atoms with van der Waals surface area (Å²) in [4.78, 5) is 4.83. The molecule has 5 heteroatoms. The molecule has 1 aliphatic rings. The first-order chi connectivity index (χ1) is 8.25. The van der Waals surface area contributed by atoms with E-state index in [1.165, 1.54) is 5.69 Å². The zero-order valence-electron chi connectivity index (χ0n) is 11.5. The number of hydrogen-bond acceptors (Lipinski definition) is 3. The first-order valence-corrected chi connectivity index (χ1v) is 6.50. The van der Waals surface area contributed by atoms with Crippen LogP contribution in [0.5, 0.6) is 0 Å². The van der Waals surface area contributed by atoms with Crippen molar-refractivity contribution in [2.24, 2.45) is 5.73 Å². The number of nitrogens with two attached hydrogens (primary N) is 1. The molecule has 0 amide bonds. The quantitative estimate of drug-likeness (QED) is 0.927. The van der Waals surface area contributed by atoms with Crippen LogP contribution in [0.25, 0.3) is 0 Å². The minimum atomic E-state index is 0. The zero-order chi connectivity index (χ0) is 12.1. The van der Waals surface area contributed by atoms with E-state index in [1.54, 1.807) is 0 Å². The highest BCUT2D eigenvalue weighted by molar-refractivity contribution is 5.85. The first kappa shape index (κ1) is 18.5. The van der Waals surface area contributed by atoms with Gasteiger partial charge in [-0.2, -0.15) is 0 Å². The summed E-state index contributed by atoms with van der Waals surface area (Å²) in [7, 11) is 2.16. The fraction of sp³-hybridized carbons (Fsp3) is 0.571. The van der Waals surface area contributed by atoms with Crippen molar-refractivity contribution in [2.45, 2.75) is 18.9 Å². The van der Waals surface area contributed by atoms with Crippen LogP contribution in [0.2, 0.25) is 0 Å². The molecular formula is C14H25Cl2N3. The average molecular weight is 306 g/mol. The van der Waals surface area contributed by atoms with Crippen molar-refractivity contribution < 1.29 is 0 Å². The van der Waals surface area contributed by atoms with Crippen molar-refractivity contribution >= 4 is 30.5 Å². The Morgan fingerprint density at radius 3 is 2.32 bits per heavy atom. The molecular weight excluding hydrogens is 281 g/mol. The molecule has 0 bridgehead atoms. The molecule has 2 rings (SSSR count). The Hall–Kier alpha value is -0.480. The fourth-order valence-electron chi connectivity index (χ4n) is 2.28. The monoisotopic (exact) mass is 305 g/mol.